The lowest BCUT2D eigenvalue weighted by Crippen LogP contribution is -2.47. The lowest BCUT2D eigenvalue weighted by Gasteiger charge is -2.43. The third-order valence-electron chi connectivity index (χ3n) is 8.42. The molecular weight excluding hydrogens is 528 g/mol. The van der Waals surface area contributed by atoms with Crippen LogP contribution in [0.25, 0.3) is 0 Å². The smallest absolute Gasteiger partial charge is 0.304 e. The number of aliphatic hydroxyl groups excluding tert-OH is 1. The second-order valence-corrected chi connectivity index (χ2v) is 12.6. The first kappa shape index (κ1) is 32.8. The number of allylic oxidation sites excluding steroid dienone is 8. The summed E-state index contributed by atoms with van der Waals surface area (Å²) in [6.45, 7) is 17.4. The van der Waals surface area contributed by atoms with Crippen LogP contribution in [-0.2, 0) is 19.1 Å². The van der Waals surface area contributed by atoms with Gasteiger partial charge in [0, 0.05) is 11.5 Å². The predicted molar refractivity (Wildman–Crippen MR) is 166 cm³/mol. The molecule has 5 atom stereocenters. The molecule has 2 N–H and O–H groups in total. The number of benzene rings is 1. The molecule has 1 aromatic carbocycles. The highest BCUT2D eigenvalue weighted by molar-refractivity contribution is 6.25. The Labute approximate surface area is 250 Å². The second-order valence-electron chi connectivity index (χ2n) is 12.6. The fraction of sp³-hybridized carbons (Fsp3) is 0.472. The van der Waals surface area contributed by atoms with Gasteiger partial charge in [0.1, 0.15) is 23.2 Å². The minimum Gasteiger partial charge on any atom is -0.511 e. The average Bonchev–Trinajstić information content (AvgIpc) is 2.91. The van der Waals surface area contributed by atoms with Gasteiger partial charge in [0.05, 0.1) is 17.8 Å². The van der Waals surface area contributed by atoms with Crippen LogP contribution < -0.4 is 0 Å². The van der Waals surface area contributed by atoms with Crippen LogP contribution in [0, 0.1) is 17.3 Å². The molecular formula is C36H46O6. The zero-order chi connectivity index (χ0) is 31.4. The Bertz CT molecular complexity index is 1350. The van der Waals surface area contributed by atoms with E-state index in [0.717, 1.165) is 23.1 Å². The Morgan fingerprint density at radius 3 is 2.26 bits per heavy atom. The third kappa shape index (κ3) is 7.03. The number of ketones is 2. The van der Waals surface area contributed by atoms with Crippen LogP contribution in [0.1, 0.15) is 92.1 Å². The van der Waals surface area contributed by atoms with E-state index in [4.69, 9.17) is 4.74 Å². The van der Waals surface area contributed by atoms with Crippen LogP contribution in [0.4, 0.5) is 0 Å². The molecule has 6 nitrogen and oxygen atoms in total. The number of hydrogen-bond acceptors (Lipinski definition) is 5. The van der Waals surface area contributed by atoms with Crippen LogP contribution in [0.2, 0.25) is 0 Å². The van der Waals surface area contributed by atoms with Crippen molar-refractivity contribution in [2.24, 2.45) is 17.3 Å². The standard InChI is InChI=1S/C36H46O6/c1-21(2)14-15-26(18-23(5)6)20-36(17-16-22(3)4)34(40)30(28(19-29(37)38)27-12-10-9-11-13-27)33-31(35(36)41)32(39)24(7)25(8)42-33/h9-13,16,18,24-26,28,40H,1,14-15,17,19-20H2,2-8H3,(H,37,38)/t24-,25+,26-,28+,36+/m0/s1. The molecule has 0 bridgehead atoms. The summed E-state index contributed by atoms with van der Waals surface area (Å²) in [5, 5.41) is 22.4. The van der Waals surface area contributed by atoms with Gasteiger partial charge < -0.3 is 14.9 Å². The van der Waals surface area contributed by atoms with E-state index >= 15 is 0 Å². The van der Waals surface area contributed by atoms with Crippen molar-refractivity contribution >= 4 is 17.5 Å². The molecule has 0 amide bonds. The Kier molecular flexibility index (Phi) is 10.6. The molecule has 6 heteroatoms. The fourth-order valence-corrected chi connectivity index (χ4v) is 6.03. The van der Waals surface area contributed by atoms with E-state index in [2.05, 4.69) is 12.7 Å². The minimum absolute atomic E-state index is 0.0247. The van der Waals surface area contributed by atoms with Gasteiger partial charge in [-0.1, -0.05) is 66.1 Å². The van der Waals surface area contributed by atoms with Crippen molar-refractivity contribution in [2.75, 3.05) is 0 Å². The Hall–Kier alpha value is -3.67. The largest absolute Gasteiger partial charge is 0.511 e. The monoisotopic (exact) mass is 574 g/mol. The predicted octanol–water partition coefficient (Wildman–Crippen LogP) is 8.19. The van der Waals surface area contributed by atoms with Gasteiger partial charge in [0.25, 0.3) is 0 Å². The molecule has 0 fully saturated rings. The van der Waals surface area contributed by atoms with Crippen molar-refractivity contribution in [3.05, 3.63) is 94.0 Å². The number of hydrogen-bond donors (Lipinski definition) is 2. The molecule has 2 aliphatic rings. The number of ether oxygens (including phenoxy) is 1. The Balaban J connectivity index is 2.42. The number of carbonyl (C=O) groups is 3. The van der Waals surface area contributed by atoms with E-state index < -0.39 is 35.1 Å². The lowest BCUT2D eigenvalue weighted by molar-refractivity contribution is -0.137. The zero-order valence-corrected chi connectivity index (χ0v) is 26.1. The quantitative estimate of drug-likeness (QED) is 0.193. The van der Waals surface area contributed by atoms with Crippen LogP contribution in [0.3, 0.4) is 0 Å². The molecule has 226 valence electrons. The summed E-state index contributed by atoms with van der Waals surface area (Å²) in [6, 6.07) is 9.05. The molecule has 1 heterocycles. The highest BCUT2D eigenvalue weighted by Gasteiger charge is 2.55. The molecule has 0 unspecified atom stereocenters. The maximum atomic E-state index is 14.7. The maximum absolute atomic E-state index is 14.7. The molecule has 3 rings (SSSR count). The molecule has 0 spiro atoms. The molecule has 0 saturated heterocycles. The Morgan fingerprint density at radius 2 is 1.71 bits per heavy atom. The molecule has 1 aliphatic heterocycles. The molecule has 1 aliphatic carbocycles. The summed E-state index contributed by atoms with van der Waals surface area (Å²) in [4.78, 5) is 40.9. The molecule has 0 radical (unpaired) electrons. The highest BCUT2D eigenvalue weighted by atomic mass is 16.5. The second kappa shape index (κ2) is 13.5. The molecule has 42 heavy (non-hydrogen) atoms. The summed E-state index contributed by atoms with van der Waals surface area (Å²) in [6.07, 6.45) is 5.04. The summed E-state index contributed by atoms with van der Waals surface area (Å²) in [7, 11) is 0. The normalized spacial score (nSPS) is 23.5. The van der Waals surface area contributed by atoms with E-state index in [9.17, 15) is 24.6 Å². The van der Waals surface area contributed by atoms with Crippen molar-refractivity contribution in [3.63, 3.8) is 0 Å². The number of carbonyl (C=O) groups excluding carboxylic acids is 2. The number of rotatable bonds is 12. The van der Waals surface area contributed by atoms with Crippen LogP contribution in [0.5, 0.6) is 0 Å². The van der Waals surface area contributed by atoms with Gasteiger partial charge in [-0.15, -0.1) is 6.58 Å². The number of carboxylic acid groups (broad SMARTS) is 1. The number of carboxylic acids is 1. The fourth-order valence-electron chi connectivity index (χ4n) is 6.03. The van der Waals surface area contributed by atoms with Gasteiger partial charge in [-0.05, 0) is 78.7 Å². The van der Waals surface area contributed by atoms with Gasteiger partial charge in [0.2, 0.25) is 0 Å². The first-order valence-electron chi connectivity index (χ1n) is 14.8. The van der Waals surface area contributed by atoms with E-state index in [0.29, 0.717) is 12.0 Å². The first-order valence-corrected chi connectivity index (χ1v) is 14.8. The Morgan fingerprint density at radius 1 is 1.07 bits per heavy atom. The third-order valence-corrected chi connectivity index (χ3v) is 8.42. The van der Waals surface area contributed by atoms with Crippen molar-refractivity contribution in [1.82, 2.24) is 0 Å². The molecule has 1 aromatic rings. The number of aliphatic hydroxyl groups is 1. The van der Waals surface area contributed by atoms with E-state index in [1.807, 2.05) is 58.9 Å². The first-order chi connectivity index (χ1) is 19.7. The van der Waals surface area contributed by atoms with Crippen LogP contribution in [0.15, 0.2) is 88.4 Å². The lowest BCUT2D eigenvalue weighted by atomic mass is 9.61. The zero-order valence-electron chi connectivity index (χ0n) is 26.1. The maximum Gasteiger partial charge on any atom is 0.304 e. The summed E-state index contributed by atoms with van der Waals surface area (Å²) in [5.41, 5.74) is 2.42. The van der Waals surface area contributed by atoms with Crippen LogP contribution in [-0.4, -0.2) is 33.9 Å². The van der Waals surface area contributed by atoms with E-state index in [1.165, 1.54) is 0 Å². The molecule has 0 saturated carbocycles. The summed E-state index contributed by atoms with van der Waals surface area (Å²) < 4.78 is 6.27. The van der Waals surface area contributed by atoms with E-state index in [1.54, 1.807) is 26.0 Å². The number of Topliss-reactive ketones (excluding diaryl/α,β-unsaturated/α-hetero) is 2. The van der Waals surface area contributed by atoms with Gasteiger partial charge in [-0.25, -0.2) is 0 Å². The SMILES string of the molecule is C=C(C)CC[C@@H](C=C(C)C)C[C@@]1(CC=C(C)C)C(=O)C2=C(O[C@H](C)[C@H](C)C2=O)C([C@H](CC(=O)O)c2ccccc2)=C1O. The minimum atomic E-state index is -1.47. The highest BCUT2D eigenvalue weighted by Crippen LogP contribution is 2.53. The number of aliphatic carboxylic acids is 1. The van der Waals surface area contributed by atoms with Gasteiger partial charge in [0.15, 0.2) is 11.6 Å². The molecule has 0 aromatic heterocycles. The van der Waals surface area contributed by atoms with Crippen molar-refractivity contribution < 1.29 is 29.3 Å². The van der Waals surface area contributed by atoms with Gasteiger partial charge >= 0.3 is 5.97 Å². The van der Waals surface area contributed by atoms with Crippen molar-refractivity contribution in [2.45, 2.75) is 92.6 Å². The van der Waals surface area contributed by atoms with Crippen LogP contribution >= 0.6 is 0 Å². The van der Waals surface area contributed by atoms with Gasteiger partial charge in [-0.3, -0.25) is 14.4 Å². The average molecular weight is 575 g/mol. The summed E-state index contributed by atoms with van der Waals surface area (Å²) >= 11 is 0. The summed E-state index contributed by atoms with van der Waals surface area (Å²) in [5.74, 6) is -3.52. The van der Waals surface area contributed by atoms with Crippen molar-refractivity contribution in [1.29, 1.82) is 0 Å². The van der Waals surface area contributed by atoms with E-state index in [-0.39, 0.29) is 53.6 Å². The van der Waals surface area contributed by atoms with Gasteiger partial charge in [-0.2, -0.15) is 0 Å². The van der Waals surface area contributed by atoms with Crippen molar-refractivity contribution in [3.8, 4) is 0 Å². The topological polar surface area (TPSA) is 101 Å².